The number of benzene rings is 2. The molecule has 0 saturated carbocycles. The topological polar surface area (TPSA) is 49.4 Å². The Morgan fingerprint density at radius 3 is 2.50 bits per heavy atom. The van der Waals surface area contributed by atoms with Crippen LogP contribution in [0.5, 0.6) is 0 Å². The molecule has 5 heteroatoms. The largest absolute Gasteiger partial charge is 0.323 e. The zero-order chi connectivity index (χ0) is 17.3. The standard InChI is InChI=1S/C19H19FN2O2/c1-12-3-6-15(7-4-12)22-11-14(10-18(22)23)19(24)21-17-9-13(2)5-8-16(17)20/h3-9,14H,10-11H2,1-2H3,(H,21,24)/t14-/m1/s1. The Bertz CT molecular complexity index is 786. The maximum absolute atomic E-state index is 13.8. The van der Waals surface area contributed by atoms with Gasteiger partial charge < -0.3 is 10.2 Å². The first-order valence-corrected chi connectivity index (χ1v) is 7.88. The molecule has 1 aliphatic heterocycles. The number of aryl methyl sites for hydroxylation is 2. The molecule has 4 nitrogen and oxygen atoms in total. The van der Waals surface area contributed by atoms with E-state index in [0.717, 1.165) is 16.8 Å². The molecule has 0 aromatic heterocycles. The molecule has 0 radical (unpaired) electrons. The second kappa shape index (κ2) is 6.43. The van der Waals surface area contributed by atoms with Gasteiger partial charge in [-0.15, -0.1) is 0 Å². The number of nitrogens with zero attached hydrogens (tertiary/aromatic N) is 1. The number of carbonyl (C=O) groups is 2. The Hall–Kier alpha value is -2.69. The van der Waals surface area contributed by atoms with E-state index < -0.39 is 11.7 Å². The van der Waals surface area contributed by atoms with Gasteiger partial charge in [-0.1, -0.05) is 23.8 Å². The molecule has 24 heavy (non-hydrogen) atoms. The number of hydrogen-bond acceptors (Lipinski definition) is 2. The van der Waals surface area contributed by atoms with Crippen LogP contribution in [-0.4, -0.2) is 18.4 Å². The summed E-state index contributed by atoms with van der Waals surface area (Å²) in [5, 5.41) is 2.60. The number of amides is 2. The van der Waals surface area contributed by atoms with E-state index in [4.69, 9.17) is 0 Å². The fraction of sp³-hybridized carbons (Fsp3) is 0.263. The highest BCUT2D eigenvalue weighted by Crippen LogP contribution is 2.27. The molecule has 1 saturated heterocycles. The van der Waals surface area contributed by atoms with Crippen LogP contribution >= 0.6 is 0 Å². The molecule has 0 unspecified atom stereocenters. The fourth-order valence-electron chi connectivity index (χ4n) is 2.83. The van der Waals surface area contributed by atoms with E-state index in [-0.39, 0.29) is 23.9 Å². The second-order valence-corrected chi connectivity index (χ2v) is 6.21. The summed E-state index contributed by atoms with van der Waals surface area (Å²) in [4.78, 5) is 26.2. The van der Waals surface area contributed by atoms with Crippen LogP contribution in [0.25, 0.3) is 0 Å². The molecule has 1 atom stereocenters. The highest BCUT2D eigenvalue weighted by Gasteiger charge is 2.35. The van der Waals surface area contributed by atoms with Crippen molar-refractivity contribution in [1.82, 2.24) is 0 Å². The lowest BCUT2D eigenvalue weighted by atomic mass is 10.1. The Morgan fingerprint density at radius 1 is 1.12 bits per heavy atom. The summed E-state index contributed by atoms with van der Waals surface area (Å²) in [6.45, 7) is 4.11. The third-order valence-corrected chi connectivity index (χ3v) is 4.22. The van der Waals surface area contributed by atoms with Crippen LogP contribution in [0.3, 0.4) is 0 Å². The van der Waals surface area contributed by atoms with Gasteiger partial charge in [-0.2, -0.15) is 0 Å². The monoisotopic (exact) mass is 326 g/mol. The third kappa shape index (κ3) is 3.30. The zero-order valence-corrected chi connectivity index (χ0v) is 13.7. The van der Waals surface area contributed by atoms with Gasteiger partial charge in [-0.25, -0.2) is 4.39 Å². The number of halogens is 1. The summed E-state index contributed by atoms with van der Waals surface area (Å²) in [6.07, 6.45) is 0.132. The Balaban J connectivity index is 1.72. The van der Waals surface area contributed by atoms with E-state index in [1.54, 1.807) is 17.0 Å². The summed E-state index contributed by atoms with van der Waals surface area (Å²) < 4.78 is 13.8. The van der Waals surface area contributed by atoms with Crippen LogP contribution < -0.4 is 10.2 Å². The minimum Gasteiger partial charge on any atom is -0.323 e. The van der Waals surface area contributed by atoms with Crippen LogP contribution in [0.4, 0.5) is 15.8 Å². The lowest BCUT2D eigenvalue weighted by molar-refractivity contribution is -0.122. The van der Waals surface area contributed by atoms with Gasteiger partial charge >= 0.3 is 0 Å². The quantitative estimate of drug-likeness (QED) is 0.939. The van der Waals surface area contributed by atoms with Crippen LogP contribution in [0.2, 0.25) is 0 Å². The number of rotatable bonds is 3. The van der Waals surface area contributed by atoms with Crippen molar-refractivity contribution < 1.29 is 14.0 Å². The van der Waals surface area contributed by atoms with E-state index >= 15 is 0 Å². The van der Waals surface area contributed by atoms with Crippen molar-refractivity contribution in [3.8, 4) is 0 Å². The molecule has 0 bridgehead atoms. The molecule has 1 fully saturated rings. The predicted molar refractivity (Wildman–Crippen MR) is 91.4 cm³/mol. The first-order valence-electron chi connectivity index (χ1n) is 7.88. The molecular weight excluding hydrogens is 307 g/mol. The number of anilines is 2. The van der Waals surface area contributed by atoms with Crippen LogP contribution in [0.1, 0.15) is 17.5 Å². The molecule has 0 aliphatic carbocycles. The highest BCUT2D eigenvalue weighted by atomic mass is 19.1. The predicted octanol–water partition coefficient (Wildman–Crippen LogP) is 3.43. The molecular formula is C19H19FN2O2. The third-order valence-electron chi connectivity index (χ3n) is 4.22. The van der Waals surface area contributed by atoms with E-state index in [2.05, 4.69) is 5.32 Å². The minimum atomic E-state index is -0.487. The van der Waals surface area contributed by atoms with Gasteiger partial charge in [0.05, 0.1) is 11.6 Å². The number of carbonyl (C=O) groups excluding carboxylic acids is 2. The van der Waals surface area contributed by atoms with Crippen molar-refractivity contribution >= 4 is 23.2 Å². The van der Waals surface area contributed by atoms with Crippen LogP contribution in [-0.2, 0) is 9.59 Å². The second-order valence-electron chi connectivity index (χ2n) is 6.21. The smallest absolute Gasteiger partial charge is 0.229 e. The van der Waals surface area contributed by atoms with Crippen molar-refractivity contribution in [2.75, 3.05) is 16.8 Å². The average molecular weight is 326 g/mol. The van der Waals surface area contributed by atoms with Crippen molar-refractivity contribution in [2.24, 2.45) is 5.92 Å². The van der Waals surface area contributed by atoms with Gasteiger partial charge in [0.15, 0.2) is 0 Å². The molecule has 3 rings (SSSR count). The highest BCUT2D eigenvalue weighted by molar-refractivity contribution is 6.03. The molecule has 1 aliphatic rings. The summed E-state index contributed by atoms with van der Waals surface area (Å²) in [5.74, 6) is -1.39. The molecule has 2 aromatic carbocycles. The maximum Gasteiger partial charge on any atom is 0.229 e. The number of nitrogens with one attached hydrogen (secondary N) is 1. The van der Waals surface area contributed by atoms with Gasteiger partial charge in [0.1, 0.15) is 5.82 Å². The summed E-state index contributed by atoms with van der Waals surface area (Å²) in [5.41, 5.74) is 2.90. The fourth-order valence-corrected chi connectivity index (χ4v) is 2.83. The zero-order valence-electron chi connectivity index (χ0n) is 13.7. The van der Waals surface area contributed by atoms with Gasteiger partial charge in [0, 0.05) is 18.7 Å². The van der Waals surface area contributed by atoms with Crippen LogP contribution in [0, 0.1) is 25.6 Å². The van der Waals surface area contributed by atoms with Crippen molar-refractivity contribution in [3.05, 3.63) is 59.4 Å². The molecule has 1 N–H and O–H groups in total. The Kier molecular flexibility index (Phi) is 4.34. The van der Waals surface area contributed by atoms with E-state index in [0.29, 0.717) is 6.54 Å². The molecule has 2 amide bonds. The van der Waals surface area contributed by atoms with Crippen LogP contribution in [0.15, 0.2) is 42.5 Å². The Morgan fingerprint density at radius 2 is 1.79 bits per heavy atom. The molecule has 2 aromatic rings. The van der Waals surface area contributed by atoms with E-state index in [1.807, 2.05) is 38.1 Å². The normalized spacial score (nSPS) is 17.2. The van der Waals surface area contributed by atoms with E-state index in [1.165, 1.54) is 6.07 Å². The average Bonchev–Trinajstić information content (AvgIpc) is 2.94. The number of hydrogen-bond donors (Lipinski definition) is 1. The SMILES string of the molecule is Cc1ccc(N2C[C@H](C(=O)Nc3cc(C)ccc3F)CC2=O)cc1. The van der Waals surface area contributed by atoms with Crippen molar-refractivity contribution in [3.63, 3.8) is 0 Å². The van der Waals surface area contributed by atoms with Gasteiger partial charge in [-0.3, -0.25) is 9.59 Å². The molecule has 124 valence electrons. The Labute approximate surface area is 140 Å². The molecule has 0 spiro atoms. The van der Waals surface area contributed by atoms with E-state index in [9.17, 15) is 14.0 Å². The maximum atomic E-state index is 13.8. The first kappa shape index (κ1) is 16.2. The summed E-state index contributed by atoms with van der Waals surface area (Å²) >= 11 is 0. The minimum absolute atomic E-state index is 0.0938. The summed E-state index contributed by atoms with van der Waals surface area (Å²) in [6, 6.07) is 12.1. The van der Waals surface area contributed by atoms with Crippen molar-refractivity contribution in [1.29, 1.82) is 0 Å². The lowest BCUT2D eigenvalue weighted by Gasteiger charge is -2.17. The first-order chi connectivity index (χ1) is 11.4. The lowest BCUT2D eigenvalue weighted by Crippen LogP contribution is -2.28. The van der Waals surface area contributed by atoms with Gasteiger partial charge in [-0.05, 0) is 43.7 Å². The van der Waals surface area contributed by atoms with Gasteiger partial charge in [0.2, 0.25) is 11.8 Å². The summed E-state index contributed by atoms with van der Waals surface area (Å²) in [7, 11) is 0. The van der Waals surface area contributed by atoms with Crippen molar-refractivity contribution in [2.45, 2.75) is 20.3 Å². The molecule has 1 heterocycles. The van der Waals surface area contributed by atoms with Gasteiger partial charge in [0.25, 0.3) is 0 Å².